The number of hydrogen-bond donors (Lipinski definition) is 3. The Morgan fingerprint density at radius 2 is 1.86 bits per heavy atom. The smallest absolute Gasteiger partial charge is 0.311 e. The third kappa shape index (κ3) is 4.32. The Morgan fingerprint density at radius 3 is 2.24 bits per heavy atom. The third-order valence-electron chi connectivity index (χ3n) is 3.71. The number of rotatable bonds is 5. The Labute approximate surface area is 124 Å². The third-order valence-corrected chi connectivity index (χ3v) is 3.71. The second-order valence-electron chi connectivity index (χ2n) is 5.12. The van der Waals surface area contributed by atoms with Gasteiger partial charge in [-0.1, -0.05) is 13.3 Å². The summed E-state index contributed by atoms with van der Waals surface area (Å²) in [6, 6.07) is -1.41. The maximum absolute atomic E-state index is 12.1. The normalized spacial score (nSPS) is 15.6. The van der Waals surface area contributed by atoms with E-state index in [1.54, 1.807) is 13.8 Å². The molecule has 0 aromatic carbocycles. The van der Waals surface area contributed by atoms with Gasteiger partial charge in [-0.3, -0.25) is 25.6 Å². The topological polar surface area (TPSA) is 102 Å². The molecule has 0 aromatic rings. The zero-order chi connectivity index (χ0) is 16.0. The van der Waals surface area contributed by atoms with E-state index < -0.39 is 18.0 Å². The van der Waals surface area contributed by atoms with Gasteiger partial charge < -0.3 is 4.90 Å². The molecule has 1 saturated carbocycles. The van der Waals surface area contributed by atoms with E-state index in [4.69, 9.17) is 0 Å². The summed E-state index contributed by atoms with van der Waals surface area (Å²) in [5.74, 6) is -0.696. The van der Waals surface area contributed by atoms with Crippen LogP contribution in [0.25, 0.3) is 0 Å². The molecular formula is C13H24N4O4. The number of hydrazine groups is 1. The standard InChI is InChI=1S/C13H24N4O4/c1-4-10(17(5-2)13(20)16(3)21)12(19)15-14-11(18)9-7-6-8-9/h9-10,21H,4-8H2,1-3H3,(H,14,18)(H,15,19). The molecule has 1 atom stereocenters. The lowest BCUT2D eigenvalue weighted by atomic mass is 9.85. The summed E-state index contributed by atoms with van der Waals surface area (Å²) in [5, 5.41) is 9.66. The summed E-state index contributed by atoms with van der Waals surface area (Å²) in [7, 11) is 1.20. The number of hydrogen-bond acceptors (Lipinski definition) is 4. The number of carbonyl (C=O) groups is 3. The van der Waals surface area contributed by atoms with Crippen LogP contribution in [0.4, 0.5) is 4.79 Å². The van der Waals surface area contributed by atoms with Crippen molar-refractivity contribution in [3.63, 3.8) is 0 Å². The molecule has 1 rings (SSSR count). The minimum absolute atomic E-state index is 0.0298. The van der Waals surface area contributed by atoms with Gasteiger partial charge in [-0.25, -0.2) is 9.86 Å². The Kier molecular flexibility index (Phi) is 6.41. The molecule has 0 heterocycles. The van der Waals surface area contributed by atoms with Gasteiger partial charge in [0.1, 0.15) is 6.04 Å². The van der Waals surface area contributed by atoms with E-state index in [1.807, 2.05) is 0 Å². The van der Waals surface area contributed by atoms with Gasteiger partial charge in [0, 0.05) is 19.5 Å². The molecular weight excluding hydrogens is 276 g/mol. The van der Waals surface area contributed by atoms with Crippen LogP contribution in [-0.2, 0) is 9.59 Å². The number of nitrogens with zero attached hydrogens (tertiary/aromatic N) is 2. The molecule has 1 fully saturated rings. The van der Waals surface area contributed by atoms with Gasteiger partial charge in [0.2, 0.25) is 5.91 Å². The lowest BCUT2D eigenvalue weighted by Gasteiger charge is -2.31. The number of carbonyl (C=O) groups excluding carboxylic acids is 3. The Balaban J connectivity index is 2.58. The van der Waals surface area contributed by atoms with E-state index in [0.29, 0.717) is 11.5 Å². The molecule has 8 heteroatoms. The van der Waals surface area contributed by atoms with Gasteiger partial charge in [0.15, 0.2) is 0 Å². The Bertz CT molecular complexity index is 396. The van der Waals surface area contributed by atoms with Crippen molar-refractivity contribution >= 4 is 17.8 Å². The quantitative estimate of drug-likeness (QED) is 0.507. The van der Waals surface area contributed by atoms with E-state index in [9.17, 15) is 19.6 Å². The lowest BCUT2D eigenvalue weighted by Crippen LogP contribution is -2.56. The van der Waals surface area contributed by atoms with Crippen LogP contribution < -0.4 is 10.9 Å². The Hall–Kier alpha value is -1.83. The highest BCUT2D eigenvalue weighted by Gasteiger charge is 2.30. The fourth-order valence-corrected chi connectivity index (χ4v) is 2.20. The summed E-state index contributed by atoms with van der Waals surface area (Å²) in [6.45, 7) is 3.74. The highest BCUT2D eigenvalue weighted by atomic mass is 16.5. The molecule has 0 saturated heterocycles. The van der Waals surface area contributed by atoms with Gasteiger partial charge in [0.05, 0.1) is 0 Å². The summed E-state index contributed by atoms with van der Waals surface area (Å²) < 4.78 is 0. The van der Waals surface area contributed by atoms with E-state index in [1.165, 1.54) is 11.9 Å². The minimum atomic E-state index is -0.751. The average Bonchev–Trinajstić information content (AvgIpc) is 2.39. The number of hydroxylamine groups is 2. The van der Waals surface area contributed by atoms with E-state index >= 15 is 0 Å². The zero-order valence-electron chi connectivity index (χ0n) is 12.8. The van der Waals surface area contributed by atoms with Crippen LogP contribution in [0.3, 0.4) is 0 Å². The molecule has 1 aliphatic carbocycles. The summed E-state index contributed by atoms with van der Waals surface area (Å²) in [6.07, 6.45) is 3.09. The number of likely N-dealkylation sites (N-methyl/N-ethyl adjacent to an activating group) is 1. The second-order valence-corrected chi connectivity index (χ2v) is 5.12. The van der Waals surface area contributed by atoms with Crippen molar-refractivity contribution in [1.82, 2.24) is 20.8 Å². The van der Waals surface area contributed by atoms with Gasteiger partial charge in [-0.05, 0) is 26.2 Å². The van der Waals surface area contributed by atoms with Crippen molar-refractivity contribution in [2.75, 3.05) is 13.6 Å². The van der Waals surface area contributed by atoms with Crippen molar-refractivity contribution in [3.8, 4) is 0 Å². The van der Waals surface area contributed by atoms with Gasteiger partial charge in [-0.2, -0.15) is 0 Å². The molecule has 0 aromatic heterocycles. The summed E-state index contributed by atoms with van der Waals surface area (Å²) in [4.78, 5) is 36.8. The minimum Gasteiger partial charge on any atom is -0.311 e. The average molecular weight is 300 g/mol. The van der Waals surface area contributed by atoms with Crippen LogP contribution in [0, 0.1) is 5.92 Å². The molecule has 0 bridgehead atoms. The predicted octanol–water partition coefficient (Wildman–Crippen LogP) is 0.475. The largest absolute Gasteiger partial charge is 0.344 e. The zero-order valence-corrected chi connectivity index (χ0v) is 12.8. The highest BCUT2D eigenvalue weighted by Crippen LogP contribution is 2.25. The van der Waals surface area contributed by atoms with Crippen LogP contribution in [0.15, 0.2) is 0 Å². The van der Waals surface area contributed by atoms with Crippen molar-refractivity contribution in [3.05, 3.63) is 0 Å². The van der Waals surface area contributed by atoms with Crippen LogP contribution >= 0.6 is 0 Å². The van der Waals surface area contributed by atoms with Crippen molar-refractivity contribution in [2.24, 2.45) is 5.92 Å². The molecule has 1 aliphatic rings. The molecule has 0 radical (unpaired) electrons. The molecule has 3 N–H and O–H groups in total. The monoisotopic (exact) mass is 300 g/mol. The fourth-order valence-electron chi connectivity index (χ4n) is 2.20. The molecule has 0 aliphatic heterocycles. The fraction of sp³-hybridized carbons (Fsp3) is 0.769. The number of urea groups is 1. The van der Waals surface area contributed by atoms with E-state index in [0.717, 1.165) is 19.3 Å². The van der Waals surface area contributed by atoms with Crippen LogP contribution in [0.2, 0.25) is 0 Å². The van der Waals surface area contributed by atoms with Crippen LogP contribution in [0.1, 0.15) is 39.5 Å². The SMILES string of the molecule is CCC(C(=O)NNC(=O)C1CCC1)N(CC)C(=O)N(C)O. The number of nitrogens with one attached hydrogen (secondary N) is 2. The maximum Gasteiger partial charge on any atom is 0.344 e. The summed E-state index contributed by atoms with van der Waals surface area (Å²) in [5.41, 5.74) is 4.75. The number of amides is 4. The van der Waals surface area contributed by atoms with Crippen LogP contribution in [-0.4, -0.2) is 52.7 Å². The molecule has 0 spiro atoms. The van der Waals surface area contributed by atoms with Gasteiger partial charge in [-0.15, -0.1) is 0 Å². The van der Waals surface area contributed by atoms with Crippen molar-refractivity contribution in [1.29, 1.82) is 0 Å². The molecule has 120 valence electrons. The van der Waals surface area contributed by atoms with Gasteiger partial charge in [0.25, 0.3) is 5.91 Å². The van der Waals surface area contributed by atoms with Gasteiger partial charge >= 0.3 is 6.03 Å². The second kappa shape index (κ2) is 7.82. The maximum atomic E-state index is 12.1. The predicted molar refractivity (Wildman–Crippen MR) is 75.0 cm³/mol. The summed E-state index contributed by atoms with van der Waals surface area (Å²) >= 11 is 0. The molecule has 1 unspecified atom stereocenters. The highest BCUT2D eigenvalue weighted by molar-refractivity contribution is 5.89. The first-order valence-electron chi connectivity index (χ1n) is 7.25. The lowest BCUT2D eigenvalue weighted by molar-refractivity contribution is -0.135. The van der Waals surface area contributed by atoms with Crippen LogP contribution in [0.5, 0.6) is 0 Å². The first-order valence-corrected chi connectivity index (χ1v) is 7.25. The molecule has 4 amide bonds. The van der Waals surface area contributed by atoms with E-state index in [2.05, 4.69) is 10.9 Å². The first kappa shape index (κ1) is 17.2. The van der Waals surface area contributed by atoms with Crippen molar-refractivity contribution < 1.29 is 19.6 Å². The Morgan fingerprint density at radius 1 is 1.24 bits per heavy atom. The van der Waals surface area contributed by atoms with Crippen molar-refractivity contribution in [2.45, 2.75) is 45.6 Å². The van der Waals surface area contributed by atoms with E-state index in [-0.39, 0.29) is 18.4 Å². The first-order chi connectivity index (χ1) is 9.92. The molecule has 21 heavy (non-hydrogen) atoms. The molecule has 8 nitrogen and oxygen atoms in total.